The van der Waals surface area contributed by atoms with Crippen molar-refractivity contribution in [2.45, 2.75) is 44.4 Å². The number of nitrogens with zero attached hydrogens (tertiary/aromatic N) is 3. The Labute approximate surface area is 196 Å². The summed E-state index contributed by atoms with van der Waals surface area (Å²) in [5.74, 6) is 0.404. The number of aromatic nitrogens is 2. The molecule has 1 aromatic heterocycles. The lowest BCUT2D eigenvalue weighted by Crippen LogP contribution is -2.52. The van der Waals surface area contributed by atoms with Gasteiger partial charge in [-0.25, -0.2) is 14.4 Å². The van der Waals surface area contributed by atoms with E-state index in [0.29, 0.717) is 58.9 Å². The molecule has 0 saturated carbocycles. The molecule has 4 rings (SSSR count). The summed E-state index contributed by atoms with van der Waals surface area (Å²) in [5.41, 5.74) is 1.74. The Morgan fingerprint density at radius 1 is 1.19 bits per heavy atom. The molecule has 1 amide bonds. The van der Waals surface area contributed by atoms with E-state index in [1.807, 2.05) is 6.92 Å². The Kier molecular flexibility index (Phi) is 7.45. The van der Waals surface area contributed by atoms with E-state index in [1.165, 1.54) is 6.33 Å². The Balaban J connectivity index is 1.38. The molecule has 2 aliphatic rings. The second-order valence-corrected chi connectivity index (χ2v) is 8.98. The summed E-state index contributed by atoms with van der Waals surface area (Å²) in [6, 6.07) is 5.20. The lowest BCUT2D eigenvalue weighted by Gasteiger charge is -2.36. The molecule has 0 bridgehead atoms. The molecule has 2 aliphatic heterocycles. The molecule has 2 saturated heterocycles. The summed E-state index contributed by atoms with van der Waals surface area (Å²) < 4.78 is 19.2. The van der Waals surface area contributed by atoms with Crippen LogP contribution in [0.2, 0.25) is 10.0 Å². The number of alkyl halides is 1. The van der Waals surface area contributed by atoms with Crippen LogP contribution in [0.15, 0.2) is 24.5 Å². The first-order chi connectivity index (χ1) is 15.4. The highest BCUT2D eigenvalue weighted by Gasteiger charge is 2.31. The zero-order valence-corrected chi connectivity index (χ0v) is 19.3. The minimum absolute atomic E-state index is 0.130. The summed E-state index contributed by atoms with van der Waals surface area (Å²) in [6.07, 6.45) is 2.62. The molecular formula is C22H26Cl2FN5O2. The highest BCUT2D eigenvalue weighted by molar-refractivity contribution is 6.42. The first-order valence-corrected chi connectivity index (χ1v) is 11.5. The second kappa shape index (κ2) is 10.3. The van der Waals surface area contributed by atoms with E-state index in [9.17, 15) is 9.18 Å². The number of hydrogen-bond donors (Lipinski definition) is 2. The van der Waals surface area contributed by atoms with Crippen molar-refractivity contribution in [2.24, 2.45) is 0 Å². The first-order valence-electron chi connectivity index (χ1n) is 10.7. The topological polar surface area (TPSA) is 79.4 Å². The lowest BCUT2D eigenvalue weighted by molar-refractivity contribution is 0.00840. The molecule has 0 aliphatic carbocycles. The summed E-state index contributed by atoms with van der Waals surface area (Å²) >= 11 is 12.1. The maximum absolute atomic E-state index is 14.0. The van der Waals surface area contributed by atoms with Gasteiger partial charge in [0, 0.05) is 43.0 Å². The van der Waals surface area contributed by atoms with Gasteiger partial charge in [-0.05, 0) is 44.4 Å². The van der Waals surface area contributed by atoms with E-state index >= 15 is 0 Å². The van der Waals surface area contributed by atoms with Crippen LogP contribution in [-0.2, 0) is 4.74 Å². The summed E-state index contributed by atoms with van der Waals surface area (Å²) in [6.45, 7) is 3.74. The molecule has 2 unspecified atom stereocenters. The average molecular weight is 482 g/mol. The fraction of sp³-hybridized carbons (Fsp3) is 0.500. The van der Waals surface area contributed by atoms with Crippen molar-refractivity contribution in [3.05, 3.63) is 45.8 Å². The van der Waals surface area contributed by atoms with Gasteiger partial charge in [0.05, 0.1) is 16.7 Å². The molecule has 0 radical (unpaired) electrons. The normalized spacial score (nSPS) is 22.1. The number of hydrogen-bond acceptors (Lipinski definition) is 6. The maximum Gasteiger partial charge on any atom is 0.272 e. The van der Waals surface area contributed by atoms with E-state index in [4.69, 9.17) is 27.9 Å². The minimum Gasteiger partial charge on any atom is -0.378 e. The number of carbonyl (C=O) groups is 1. The van der Waals surface area contributed by atoms with Crippen molar-refractivity contribution < 1.29 is 13.9 Å². The quantitative estimate of drug-likeness (QED) is 0.667. The monoisotopic (exact) mass is 481 g/mol. The molecule has 32 heavy (non-hydrogen) atoms. The number of ether oxygens (including phenoxy) is 1. The van der Waals surface area contributed by atoms with E-state index in [0.717, 1.165) is 12.8 Å². The predicted octanol–water partition coefficient (Wildman–Crippen LogP) is 4.16. The van der Waals surface area contributed by atoms with E-state index in [2.05, 4.69) is 20.6 Å². The van der Waals surface area contributed by atoms with Crippen LogP contribution in [0.4, 0.5) is 15.9 Å². The molecule has 7 nitrogen and oxygen atoms in total. The zero-order chi connectivity index (χ0) is 22.7. The number of anilines is 2. The third-order valence-electron chi connectivity index (χ3n) is 5.99. The fourth-order valence-electron chi connectivity index (χ4n) is 4.10. The molecule has 2 N–H and O–H groups in total. The van der Waals surface area contributed by atoms with Gasteiger partial charge in [0.1, 0.15) is 24.0 Å². The summed E-state index contributed by atoms with van der Waals surface area (Å²) in [4.78, 5) is 23.5. The number of likely N-dealkylation sites (tertiary alicyclic amines) is 1. The van der Waals surface area contributed by atoms with Gasteiger partial charge in [0.2, 0.25) is 0 Å². The lowest BCUT2D eigenvalue weighted by atomic mass is 10.00. The smallest absolute Gasteiger partial charge is 0.272 e. The molecule has 2 aromatic rings. The largest absolute Gasteiger partial charge is 0.378 e. The molecule has 10 heteroatoms. The van der Waals surface area contributed by atoms with Crippen LogP contribution in [-0.4, -0.2) is 65.3 Å². The van der Waals surface area contributed by atoms with Crippen molar-refractivity contribution in [2.75, 3.05) is 31.6 Å². The number of nitrogens with one attached hydrogen (secondary N) is 2. The standard InChI is InChI=1S/C22H26Cl2FN5O2/c1-13-20(26-12-27-21(13)29-15-2-3-16(23)17(24)10-15)22(31)30-7-4-14(5-8-30)28-19-6-9-32-11-18(19)25/h2-3,10,12,14,18-19,28H,4-9,11H2,1H3,(H,26,27,29). The number of rotatable bonds is 5. The van der Waals surface area contributed by atoms with E-state index in [1.54, 1.807) is 23.1 Å². The number of benzene rings is 1. The van der Waals surface area contributed by atoms with Crippen LogP contribution < -0.4 is 10.6 Å². The van der Waals surface area contributed by atoms with E-state index < -0.39 is 6.17 Å². The van der Waals surface area contributed by atoms with Gasteiger partial charge in [0.25, 0.3) is 5.91 Å². The highest BCUT2D eigenvalue weighted by atomic mass is 35.5. The molecule has 172 valence electrons. The maximum atomic E-state index is 14.0. The second-order valence-electron chi connectivity index (χ2n) is 8.17. The van der Waals surface area contributed by atoms with Crippen LogP contribution in [0.25, 0.3) is 0 Å². The van der Waals surface area contributed by atoms with Crippen molar-refractivity contribution in [3.63, 3.8) is 0 Å². The van der Waals surface area contributed by atoms with Gasteiger partial charge in [-0.1, -0.05) is 23.2 Å². The molecule has 3 heterocycles. The molecular weight excluding hydrogens is 456 g/mol. The Morgan fingerprint density at radius 3 is 2.69 bits per heavy atom. The number of amides is 1. The van der Waals surface area contributed by atoms with Crippen LogP contribution >= 0.6 is 23.2 Å². The average Bonchev–Trinajstić information content (AvgIpc) is 2.79. The Bertz CT molecular complexity index is 971. The van der Waals surface area contributed by atoms with Crippen LogP contribution in [0, 0.1) is 6.92 Å². The third-order valence-corrected chi connectivity index (χ3v) is 6.73. The van der Waals surface area contributed by atoms with Gasteiger partial charge in [-0.2, -0.15) is 0 Å². The van der Waals surface area contributed by atoms with E-state index in [-0.39, 0.29) is 24.6 Å². The third kappa shape index (κ3) is 5.31. The van der Waals surface area contributed by atoms with Crippen LogP contribution in [0.5, 0.6) is 0 Å². The Morgan fingerprint density at radius 2 is 1.97 bits per heavy atom. The Hall–Kier alpha value is -2.00. The fourth-order valence-corrected chi connectivity index (χ4v) is 4.39. The molecule has 2 atom stereocenters. The van der Waals surface area contributed by atoms with Gasteiger partial charge < -0.3 is 20.3 Å². The van der Waals surface area contributed by atoms with Gasteiger partial charge in [-0.3, -0.25) is 4.79 Å². The zero-order valence-electron chi connectivity index (χ0n) is 17.8. The minimum atomic E-state index is -0.978. The van der Waals surface area contributed by atoms with Crippen molar-refractivity contribution in [1.82, 2.24) is 20.2 Å². The number of carbonyl (C=O) groups excluding carboxylic acids is 1. The first kappa shape index (κ1) is 23.2. The number of piperidine rings is 1. The van der Waals surface area contributed by atoms with Crippen LogP contribution in [0.3, 0.4) is 0 Å². The van der Waals surface area contributed by atoms with Crippen molar-refractivity contribution in [1.29, 1.82) is 0 Å². The van der Waals surface area contributed by atoms with Gasteiger partial charge >= 0.3 is 0 Å². The highest BCUT2D eigenvalue weighted by Crippen LogP contribution is 2.28. The molecule has 1 aromatic carbocycles. The molecule has 2 fully saturated rings. The SMILES string of the molecule is Cc1c(Nc2ccc(Cl)c(Cl)c2)ncnc1C(=O)N1CCC(NC2CCOCC2F)CC1. The van der Waals surface area contributed by atoms with Gasteiger partial charge in [-0.15, -0.1) is 0 Å². The van der Waals surface area contributed by atoms with Crippen molar-refractivity contribution >= 4 is 40.6 Å². The molecule has 0 spiro atoms. The number of halogens is 3. The van der Waals surface area contributed by atoms with Gasteiger partial charge in [0.15, 0.2) is 0 Å². The predicted molar refractivity (Wildman–Crippen MR) is 123 cm³/mol. The van der Waals surface area contributed by atoms with Crippen LogP contribution in [0.1, 0.15) is 35.3 Å². The summed E-state index contributed by atoms with van der Waals surface area (Å²) in [5, 5.41) is 7.48. The summed E-state index contributed by atoms with van der Waals surface area (Å²) in [7, 11) is 0. The van der Waals surface area contributed by atoms with Crippen molar-refractivity contribution in [3.8, 4) is 0 Å².